The second kappa shape index (κ2) is 5.85. The molecule has 0 fully saturated rings. The summed E-state index contributed by atoms with van der Waals surface area (Å²) < 4.78 is 0. The molecular formula is C12H16N4O. The van der Waals surface area contributed by atoms with Gasteiger partial charge in [-0.3, -0.25) is 9.78 Å². The monoisotopic (exact) mass is 232 g/mol. The third-order valence-corrected chi connectivity index (χ3v) is 2.36. The Hall–Kier alpha value is -2.09. The van der Waals surface area contributed by atoms with Crippen LogP contribution in [0.1, 0.15) is 29.8 Å². The van der Waals surface area contributed by atoms with Crippen LogP contribution in [0.15, 0.2) is 6.07 Å². The van der Waals surface area contributed by atoms with Crippen molar-refractivity contribution in [2.75, 3.05) is 11.9 Å². The molecule has 5 nitrogen and oxygen atoms in total. The van der Waals surface area contributed by atoms with Gasteiger partial charge in [0.2, 0.25) is 5.91 Å². The highest BCUT2D eigenvalue weighted by Gasteiger charge is 2.07. The number of aromatic nitrogens is 1. The van der Waals surface area contributed by atoms with Gasteiger partial charge in [0.25, 0.3) is 0 Å². The van der Waals surface area contributed by atoms with Crippen molar-refractivity contribution in [3.05, 3.63) is 23.0 Å². The van der Waals surface area contributed by atoms with E-state index in [9.17, 15) is 4.79 Å². The summed E-state index contributed by atoms with van der Waals surface area (Å²) in [5.74, 6) is -0.311. The fraction of sp³-hybridized carbons (Fsp3) is 0.417. The number of carbonyl (C=O) groups is 1. The van der Waals surface area contributed by atoms with Crippen LogP contribution in [0.3, 0.4) is 0 Å². The minimum absolute atomic E-state index is 0.311. The number of pyridine rings is 1. The molecule has 3 N–H and O–H groups in total. The summed E-state index contributed by atoms with van der Waals surface area (Å²) >= 11 is 0. The number of nitrogens with one attached hydrogen (secondary N) is 1. The first-order chi connectivity index (χ1) is 8.04. The van der Waals surface area contributed by atoms with E-state index in [4.69, 9.17) is 11.0 Å². The van der Waals surface area contributed by atoms with Gasteiger partial charge in [0.05, 0.1) is 16.9 Å². The maximum atomic E-state index is 10.6. The molecule has 0 radical (unpaired) electrons. The molecule has 1 heterocycles. The number of rotatable bonds is 5. The Morgan fingerprint density at radius 2 is 2.29 bits per heavy atom. The summed E-state index contributed by atoms with van der Waals surface area (Å²) in [4.78, 5) is 14.8. The van der Waals surface area contributed by atoms with Gasteiger partial charge in [-0.05, 0) is 26.3 Å². The van der Waals surface area contributed by atoms with E-state index in [0.717, 1.165) is 11.4 Å². The molecule has 1 amide bonds. The standard InChI is InChI=1S/C12H16N4O/c1-8-6-11(10(7-13)9(2)16-8)15-5-3-4-12(14)17/h6H,3-5H2,1-2H3,(H2,14,17)(H,15,16). The van der Waals surface area contributed by atoms with Crippen LogP contribution in [-0.2, 0) is 4.79 Å². The predicted octanol–water partition coefficient (Wildman–Crippen LogP) is 1.25. The molecule has 0 aliphatic rings. The molecule has 0 saturated heterocycles. The van der Waals surface area contributed by atoms with Crippen LogP contribution in [0.4, 0.5) is 5.69 Å². The average molecular weight is 232 g/mol. The Labute approximate surface area is 101 Å². The maximum Gasteiger partial charge on any atom is 0.217 e. The van der Waals surface area contributed by atoms with Crippen LogP contribution in [0.2, 0.25) is 0 Å². The molecule has 1 aromatic rings. The first kappa shape index (κ1) is 13.0. The van der Waals surface area contributed by atoms with Gasteiger partial charge < -0.3 is 11.1 Å². The highest BCUT2D eigenvalue weighted by atomic mass is 16.1. The molecule has 0 atom stereocenters. The van der Waals surface area contributed by atoms with Crippen molar-refractivity contribution in [3.63, 3.8) is 0 Å². The van der Waals surface area contributed by atoms with Crippen LogP contribution in [0, 0.1) is 25.2 Å². The first-order valence-electron chi connectivity index (χ1n) is 5.45. The average Bonchev–Trinajstić information content (AvgIpc) is 2.23. The Morgan fingerprint density at radius 3 is 2.88 bits per heavy atom. The topological polar surface area (TPSA) is 91.8 Å². The van der Waals surface area contributed by atoms with Gasteiger partial charge in [0.1, 0.15) is 6.07 Å². The summed E-state index contributed by atoms with van der Waals surface area (Å²) in [6, 6.07) is 3.95. The maximum absolute atomic E-state index is 10.6. The van der Waals surface area contributed by atoms with Crippen LogP contribution in [-0.4, -0.2) is 17.4 Å². The zero-order valence-corrected chi connectivity index (χ0v) is 10.1. The van der Waals surface area contributed by atoms with Crippen LogP contribution < -0.4 is 11.1 Å². The van der Waals surface area contributed by atoms with Crippen LogP contribution in [0.5, 0.6) is 0 Å². The molecule has 17 heavy (non-hydrogen) atoms. The summed E-state index contributed by atoms with van der Waals surface area (Å²) in [6.07, 6.45) is 0.999. The SMILES string of the molecule is Cc1cc(NCCCC(N)=O)c(C#N)c(C)n1. The zero-order valence-electron chi connectivity index (χ0n) is 10.1. The van der Waals surface area contributed by atoms with Gasteiger partial charge in [-0.25, -0.2) is 0 Å². The van der Waals surface area contributed by atoms with Gasteiger partial charge >= 0.3 is 0 Å². The number of aryl methyl sites for hydroxylation is 2. The Balaban J connectivity index is 2.70. The van der Waals surface area contributed by atoms with E-state index in [1.54, 1.807) is 6.92 Å². The van der Waals surface area contributed by atoms with E-state index in [-0.39, 0.29) is 5.91 Å². The van der Waals surface area contributed by atoms with Crippen molar-refractivity contribution in [3.8, 4) is 6.07 Å². The van der Waals surface area contributed by atoms with E-state index >= 15 is 0 Å². The Kier molecular flexibility index (Phi) is 4.46. The van der Waals surface area contributed by atoms with E-state index in [2.05, 4.69) is 16.4 Å². The number of nitriles is 1. The van der Waals surface area contributed by atoms with E-state index in [0.29, 0.717) is 30.6 Å². The summed E-state index contributed by atoms with van der Waals surface area (Å²) in [6.45, 7) is 4.30. The zero-order chi connectivity index (χ0) is 12.8. The molecule has 0 aliphatic heterocycles. The van der Waals surface area contributed by atoms with Gasteiger partial charge in [-0.2, -0.15) is 5.26 Å². The lowest BCUT2D eigenvalue weighted by atomic mass is 10.1. The predicted molar refractivity (Wildman–Crippen MR) is 65.3 cm³/mol. The molecule has 0 bridgehead atoms. The summed E-state index contributed by atoms with van der Waals surface area (Å²) in [7, 11) is 0. The molecule has 0 spiro atoms. The van der Waals surface area contributed by atoms with E-state index in [1.807, 2.05) is 13.0 Å². The Bertz CT molecular complexity index is 462. The summed E-state index contributed by atoms with van der Waals surface area (Å²) in [5, 5.41) is 12.2. The molecule has 1 aromatic heterocycles. The highest BCUT2D eigenvalue weighted by Crippen LogP contribution is 2.18. The minimum Gasteiger partial charge on any atom is -0.384 e. The van der Waals surface area contributed by atoms with Crippen molar-refractivity contribution < 1.29 is 4.79 Å². The third kappa shape index (κ3) is 3.76. The number of carbonyl (C=O) groups excluding carboxylic acids is 1. The normalized spacial score (nSPS) is 9.71. The summed E-state index contributed by atoms with van der Waals surface area (Å²) in [5.41, 5.74) is 7.94. The van der Waals surface area contributed by atoms with Crippen LogP contribution >= 0.6 is 0 Å². The highest BCUT2D eigenvalue weighted by molar-refractivity contribution is 5.73. The lowest BCUT2D eigenvalue weighted by Crippen LogP contribution is -2.13. The molecular weight excluding hydrogens is 216 g/mol. The second-order valence-corrected chi connectivity index (χ2v) is 3.88. The molecule has 90 valence electrons. The van der Waals surface area contributed by atoms with Gasteiger partial charge in [0.15, 0.2) is 0 Å². The van der Waals surface area contributed by atoms with Crippen molar-refractivity contribution in [2.24, 2.45) is 5.73 Å². The number of primary amides is 1. The minimum atomic E-state index is -0.311. The number of hydrogen-bond acceptors (Lipinski definition) is 4. The number of anilines is 1. The quantitative estimate of drug-likeness (QED) is 0.747. The number of nitrogens with zero attached hydrogens (tertiary/aromatic N) is 2. The van der Waals surface area contributed by atoms with Crippen molar-refractivity contribution in [1.82, 2.24) is 4.98 Å². The second-order valence-electron chi connectivity index (χ2n) is 3.88. The molecule has 0 aromatic carbocycles. The number of nitrogens with two attached hydrogens (primary N) is 1. The lowest BCUT2D eigenvalue weighted by molar-refractivity contribution is -0.118. The van der Waals surface area contributed by atoms with Crippen molar-refractivity contribution >= 4 is 11.6 Å². The fourth-order valence-corrected chi connectivity index (χ4v) is 1.59. The lowest BCUT2D eigenvalue weighted by Gasteiger charge is -2.10. The van der Waals surface area contributed by atoms with Crippen molar-refractivity contribution in [1.29, 1.82) is 5.26 Å². The van der Waals surface area contributed by atoms with E-state index < -0.39 is 0 Å². The van der Waals surface area contributed by atoms with Crippen LogP contribution in [0.25, 0.3) is 0 Å². The van der Waals surface area contributed by atoms with Gasteiger partial charge in [-0.15, -0.1) is 0 Å². The third-order valence-electron chi connectivity index (χ3n) is 2.36. The fourth-order valence-electron chi connectivity index (χ4n) is 1.59. The smallest absolute Gasteiger partial charge is 0.217 e. The molecule has 0 aliphatic carbocycles. The Morgan fingerprint density at radius 1 is 1.59 bits per heavy atom. The molecule has 5 heteroatoms. The number of hydrogen-bond donors (Lipinski definition) is 2. The molecule has 0 unspecified atom stereocenters. The molecule has 0 saturated carbocycles. The van der Waals surface area contributed by atoms with Gasteiger partial charge in [-0.1, -0.05) is 0 Å². The molecule has 1 rings (SSSR count). The van der Waals surface area contributed by atoms with Crippen molar-refractivity contribution in [2.45, 2.75) is 26.7 Å². The number of amides is 1. The first-order valence-corrected chi connectivity index (χ1v) is 5.45. The van der Waals surface area contributed by atoms with Gasteiger partial charge in [0, 0.05) is 18.7 Å². The largest absolute Gasteiger partial charge is 0.384 e. The van der Waals surface area contributed by atoms with E-state index in [1.165, 1.54) is 0 Å².